The molecule has 0 aromatic rings. The predicted molar refractivity (Wildman–Crippen MR) is 56.7 cm³/mol. The second-order valence-corrected chi connectivity index (χ2v) is 3.88. The van der Waals surface area contributed by atoms with E-state index in [4.69, 9.17) is 16.7 Å². The molecule has 1 atom stereocenters. The van der Waals surface area contributed by atoms with Gasteiger partial charge in [0.2, 0.25) is 0 Å². The number of aliphatic hydroxyl groups is 1. The monoisotopic (exact) mass is 240 g/mol. The van der Waals surface area contributed by atoms with Crippen molar-refractivity contribution in [1.29, 1.82) is 0 Å². The van der Waals surface area contributed by atoms with Crippen molar-refractivity contribution < 1.29 is 14.9 Å². The Kier molecular flexibility index (Phi) is 7.37. The molecule has 0 bridgehead atoms. The van der Waals surface area contributed by atoms with Crippen LogP contribution in [0.5, 0.6) is 0 Å². The molecule has 0 aliphatic heterocycles. The lowest BCUT2D eigenvalue weighted by atomic mass is 10.0. The van der Waals surface area contributed by atoms with Gasteiger partial charge in [-0.15, -0.1) is 5.01 Å². The molecule has 7 heteroatoms. The highest BCUT2D eigenvalue weighted by Crippen LogP contribution is 2.09. The van der Waals surface area contributed by atoms with Gasteiger partial charge in [-0.3, -0.25) is 0 Å². The van der Waals surface area contributed by atoms with Gasteiger partial charge >= 0.3 is 0 Å². The van der Waals surface area contributed by atoms with E-state index >= 15 is 0 Å². The maximum absolute atomic E-state index is 11.3. The van der Waals surface area contributed by atoms with Crippen molar-refractivity contribution in [1.82, 2.24) is 10.6 Å². The van der Waals surface area contributed by atoms with E-state index in [0.717, 1.165) is 0 Å². The lowest BCUT2D eigenvalue weighted by Gasteiger charge is -2.19. The van der Waals surface area contributed by atoms with Crippen molar-refractivity contribution >= 4 is 11.6 Å². The Bertz CT molecular complexity index is 192. The SMILES string of the molecule is CC(C)C[C@@H](CO)N(C)[N+](=O)NOCCl. The summed E-state index contributed by atoms with van der Waals surface area (Å²) >= 11 is 5.23. The van der Waals surface area contributed by atoms with E-state index in [1.54, 1.807) is 7.05 Å². The number of hydrazine groups is 2. The van der Waals surface area contributed by atoms with E-state index in [1.165, 1.54) is 5.01 Å². The summed E-state index contributed by atoms with van der Waals surface area (Å²) in [7, 11) is 1.57. The topological polar surface area (TPSA) is 64.8 Å². The number of hydrogen-bond acceptors (Lipinski definition) is 3. The molecule has 15 heavy (non-hydrogen) atoms. The molecule has 0 unspecified atom stereocenters. The molecular formula is C8H19ClN3O3+. The van der Waals surface area contributed by atoms with E-state index in [1.807, 2.05) is 13.8 Å². The van der Waals surface area contributed by atoms with Gasteiger partial charge in [0.1, 0.15) is 6.04 Å². The van der Waals surface area contributed by atoms with E-state index in [9.17, 15) is 4.91 Å². The van der Waals surface area contributed by atoms with Gasteiger partial charge in [0.05, 0.1) is 18.6 Å². The maximum atomic E-state index is 11.3. The van der Waals surface area contributed by atoms with Crippen LogP contribution in [0.4, 0.5) is 0 Å². The Balaban J connectivity index is 4.11. The zero-order valence-electron chi connectivity index (χ0n) is 9.31. The Hall–Kier alpha value is -0.590. The number of aliphatic hydroxyl groups excluding tert-OH is 1. The molecule has 90 valence electrons. The largest absolute Gasteiger partial charge is 0.394 e. The molecule has 0 radical (unpaired) electrons. The van der Waals surface area contributed by atoms with Crippen molar-refractivity contribution in [3.63, 3.8) is 0 Å². The second kappa shape index (κ2) is 7.67. The minimum Gasteiger partial charge on any atom is -0.394 e. The van der Waals surface area contributed by atoms with Gasteiger partial charge in [0.25, 0.3) is 4.98 Å². The fourth-order valence-electron chi connectivity index (χ4n) is 1.18. The number of alkyl halides is 1. The zero-order chi connectivity index (χ0) is 11.8. The molecule has 0 saturated carbocycles. The molecule has 0 spiro atoms. The van der Waals surface area contributed by atoms with E-state index in [2.05, 4.69) is 10.4 Å². The highest BCUT2D eigenvalue weighted by molar-refractivity contribution is 6.17. The summed E-state index contributed by atoms with van der Waals surface area (Å²) in [6, 6.07) is -0.366. The lowest BCUT2D eigenvalue weighted by molar-refractivity contribution is -0.789. The first-order valence-electron chi connectivity index (χ1n) is 4.77. The van der Waals surface area contributed by atoms with Gasteiger partial charge in [-0.05, 0) is 12.3 Å². The van der Waals surface area contributed by atoms with Crippen LogP contribution in [0.25, 0.3) is 0 Å². The predicted octanol–water partition coefficient (Wildman–Crippen LogP) is 0.652. The number of rotatable bonds is 8. The maximum Gasteiger partial charge on any atom is 0.274 e. The van der Waals surface area contributed by atoms with Gasteiger partial charge in [0, 0.05) is 5.59 Å². The molecule has 2 N–H and O–H groups in total. The third-order valence-corrected chi connectivity index (χ3v) is 2.08. The Morgan fingerprint density at radius 2 is 2.20 bits per heavy atom. The summed E-state index contributed by atoms with van der Waals surface area (Å²) in [5, 5.41) is 10.4. The summed E-state index contributed by atoms with van der Waals surface area (Å²) in [6.07, 6.45) is 0.717. The Morgan fingerprint density at radius 1 is 1.60 bits per heavy atom. The minimum atomic E-state index is -0.242. The zero-order valence-corrected chi connectivity index (χ0v) is 10.1. The average Bonchev–Trinajstić information content (AvgIpc) is 2.21. The third-order valence-electron chi connectivity index (χ3n) is 1.97. The van der Waals surface area contributed by atoms with Crippen LogP contribution in [0.2, 0.25) is 0 Å². The summed E-state index contributed by atoms with van der Waals surface area (Å²) in [4.78, 5) is 16.3. The van der Waals surface area contributed by atoms with Crippen LogP contribution in [-0.4, -0.2) is 40.9 Å². The van der Waals surface area contributed by atoms with E-state index < -0.39 is 0 Å². The van der Waals surface area contributed by atoms with E-state index in [-0.39, 0.29) is 18.7 Å². The Morgan fingerprint density at radius 3 is 2.60 bits per heavy atom. The van der Waals surface area contributed by atoms with Gasteiger partial charge in [-0.1, -0.05) is 25.4 Å². The first kappa shape index (κ1) is 14.4. The van der Waals surface area contributed by atoms with Crippen LogP contribution in [0.15, 0.2) is 0 Å². The van der Waals surface area contributed by atoms with Crippen molar-refractivity contribution in [2.75, 3.05) is 19.7 Å². The van der Waals surface area contributed by atoms with Crippen LogP contribution < -0.4 is 5.59 Å². The Labute approximate surface area is 94.6 Å². The number of hydrogen-bond donors (Lipinski definition) is 2. The van der Waals surface area contributed by atoms with Gasteiger partial charge in [-0.2, -0.15) is 0 Å². The van der Waals surface area contributed by atoms with Crippen molar-refractivity contribution in [3.05, 3.63) is 4.91 Å². The molecule has 0 heterocycles. The lowest BCUT2D eigenvalue weighted by Crippen LogP contribution is -2.47. The van der Waals surface area contributed by atoms with Crippen molar-refractivity contribution in [2.24, 2.45) is 5.92 Å². The van der Waals surface area contributed by atoms with Crippen LogP contribution >= 0.6 is 11.6 Å². The second-order valence-electron chi connectivity index (χ2n) is 3.66. The molecule has 0 fully saturated rings. The number of likely N-dealkylation sites (N-methyl/N-ethyl adjacent to an activating group) is 1. The number of halogens is 1. The fraction of sp³-hybridized carbons (Fsp3) is 1.00. The average molecular weight is 241 g/mol. The molecule has 0 aliphatic rings. The van der Waals surface area contributed by atoms with Crippen LogP contribution in [0, 0.1) is 10.8 Å². The smallest absolute Gasteiger partial charge is 0.274 e. The molecule has 0 aromatic carbocycles. The standard InChI is InChI=1S/C8H19ClN3O3/c1-7(2)4-8(5-13)11(3)12(14)10-15-6-9/h7-8,13H,4-6H2,1-3H3,(H,10,14)/q+1/t8-/m0/s1. The molecule has 0 amide bonds. The van der Waals surface area contributed by atoms with Crippen LogP contribution in [0.1, 0.15) is 20.3 Å². The van der Waals surface area contributed by atoms with Crippen LogP contribution in [0.3, 0.4) is 0 Å². The normalized spacial score (nSPS) is 12.7. The molecule has 0 saturated heterocycles. The molecule has 0 rings (SSSR count). The molecule has 0 aromatic heterocycles. The molecular weight excluding hydrogens is 222 g/mol. The van der Waals surface area contributed by atoms with Gasteiger partial charge in [-0.25, -0.2) is 4.84 Å². The third kappa shape index (κ3) is 5.76. The highest BCUT2D eigenvalue weighted by Gasteiger charge is 2.26. The molecule has 0 aliphatic carbocycles. The first-order valence-corrected chi connectivity index (χ1v) is 5.30. The van der Waals surface area contributed by atoms with Crippen molar-refractivity contribution in [2.45, 2.75) is 26.3 Å². The summed E-state index contributed by atoms with van der Waals surface area (Å²) in [5.74, 6) is 0.395. The number of nitroso groups, excluding NO2 is 1. The summed E-state index contributed by atoms with van der Waals surface area (Å²) in [5.41, 5.74) is 2.08. The van der Waals surface area contributed by atoms with E-state index in [0.29, 0.717) is 17.3 Å². The van der Waals surface area contributed by atoms with Crippen molar-refractivity contribution in [3.8, 4) is 0 Å². The highest BCUT2D eigenvalue weighted by atomic mass is 35.5. The quantitative estimate of drug-likeness (QED) is 0.371. The summed E-state index contributed by atoms with van der Waals surface area (Å²) < 4.78 is 0. The molecule has 6 nitrogen and oxygen atoms in total. The first-order chi connectivity index (χ1) is 7.02. The van der Waals surface area contributed by atoms with Gasteiger partial charge in [0.15, 0.2) is 6.07 Å². The summed E-state index contributed by atoms with van der Waals surface area (Å²) in [6.45, 7) is 3.96. The fourth-order valence-corrected chi connectivity index (χ4v) is 1.23. The minimum absolute atomic E-state index is 0.0873. The number of nitrogens with zero attached hydrogens (tertiary/aromatic N) is 2. The number of nitrogens with one attached hydrogen (secondary N) is 1. The van der Waals surface area contributed by atoms with Gasteiger partial charge < -0.3 is 5.11 Å². The van der Waals surface area contributed by atoms with Crippen LogP contribution in [-0.2, 0) is 4.84 Å².